The average Bonchev–Trinajstić information content (AvgIpc) is 2.47. The van der Waals surface area contributed by atoms with Crippen molar-refractivity contribution in [2.45, 2.75) is 0 Å². The van der Waals surface area contributed by atoms with Gasteiger partial charge in [0.2, 0.25) is 20.0 Å². The van der Waals surface area contributed by atoms with Gasteiger partial charge in [-0.3, -0.25) is 4.79 Å². The van der Waals surface area contributed by atoms with E-state index in [1.807, 2.05) is 0 Å². The second kappa shape index (κ2) is 7.33. The first-order valence-corrected chi connectivity index (χ1v) is 11.5. The molecular formula is C15H14BrFN2O5S2. The first-order chi connectivity index (χ1) is 11.9. The van der Waals surface area contributed by atoms with Crippen LogP contribution in [-0.2, 0) is 20.0 Å². The fourth-order valence-electron chi connectivity index (χ4n) is 2.18. The van der Waals surface area contributed by atoms with Crippen LogP contribution >= 0.6 is 15.9 Å². The summed E-state index contributed by atoms with van der Waals surface area (Å²) in [6.45, 7) is 0. The molecule has 0 saturated heterocycles. The Kier molecular flexibility index (Phi) is 5.73. The lowest BCUT2D eigenvalue weighted by molar-refractivity contribution is 0.102. The number of benzene rings is 2. The number of anilines is 2. The number of nitrogens with zero attached hydrogens (tertiary/aromatic N) is 1. The summed E-state index contributed by atoms with van der Waals surface area (Å²) in [5.41, 5.74) is -0.0867. The molecule has 7 nitrogen and oxygen atoms in total. The maximum absolute atomic E-state index is 13.6. The molecule has 0 heterocycles. The molecule has 2 aromatic rings. The fraction of sp³-hybridized carbons (Fsp3) is 0.133. The lowest BCUT2D eigenvalue weighted by atomic mass is 10.2. The van der Waals surface area contributed by atoms with Gasteiger partial charge < -0.3 is 5.32 Å². The third kappa shape index (κ3) is 4.59. The standard InChI is InChI=1S/C15H14BrFN2O5S2/c1-25(21,22)19(26(2,23)24)14-8-7-10(9-12(14)16)18-15(20)11-5-3-4-6-13(11)17/h3-9H,1-2H3,(H,18,20). The molecule has 0 bridgehead atoms. The van der Waals surface area contributed by atoms with Gasteiger partial charge in [-0.05, 0) is 46.3 Å². The fourth-order valence-corrected chi connectivity index (χ4v) is 5.97. The molecular weight excluding hydrogens is 451 g/mol. The number of carbonyl (C=O) groups is 1. The second-order valence-corrected chi connectivity index (χ2v) is 10.1. The zero-order chi connectivity index (χ0) is 19.7. The normalized spacial score (nSPS) is 11.8. The van der Waals surface area contributed by atoms with Crippen LogP contribution in [0.15, 0.2) is 46.9 Å². The van der Waals surface area contributed by atoms with Crippen molar-refractivity contribution in [1.82, 2.24) is 0 Å². The van der Waals surface area contributed by atoms with Crippen molar-refractivity contribution in [2.75, 3.05) is 21.5 Å². The van der Waals surface area contributed by atoms with Gasteiger partial charge in [0.25, 0.3) is 5.91 Å². The van der Waals surface area contributed by atoms with E-state index in [0.29, 0.717) is 0 Å². The predicted molar refractivity (Wildman–Crippen MR) is 101 cm³/mol. The molecule has 11 heteroatoms. The lowest BCUT2D eigenvalue weighted by Crippen LogP contribution is -2.35. The van der Waals surface area contributed by atoms with Crippen LogP contribution in [0.4, 0.5) is 15.8 Å². The van der Waals surface area contributed by atoms with Gasteiger partial charge in [0.1, 0.15) is 5.82 Å². The van der Waals surface area contributed by atoms with Crippen molar-refractivity contribution in [3.8, 4) is 0 Å². The Hall–Kier alpha value is -1.98. The molecule has 2 rings (SSSR count). The number of sulfonamides is 2. The van der Waals surface area contributed by atoms with Crippen LogP contribution in [0.2, 0.25) is 0 Å². The van der Waals surface area contributed by atoms with Crippen molar-refractivity contribution in [3.05, 3.63) is 58.3 Å². The molecule has 0 unspecified atom stereocenters. The van der Waals surface area contributed by atoms with Gasteiger partial charge in [0.15, 0.2) is 0 Å². The second-order valence-electron chi connectivity index (χ2n) is 5.32. The van der Waals surface area contributed by atoms with Crippen LogP contribution in [-0.4, -0.2) is 35.3 Å². The van der Waals surface area contributed by atoms with Crippen LogP contribution < -0.4 is 9.03 Å². The zero-order valence-electron chi connectivity index (χ0n) is 13.6. The Morgan fingerprint density at radius 1 is 1.04 bits per heavy atom. The van der Waals surface area contributed by atoms with Gasteiger partial charge in [-0.25, -0.2) is 21.2 Å². The van der Waals surface area contributed by atoms with Crippen molar-refractivity contribution < 1.29 is 26.0 Å². The molecule has 1 amide bonds. The molecule has 0 fully saturated rings. The number of carbonyl (C=O) groups excluding carboxylic acids is 1. The highest BCUT2D eigenvalue weighted by Crippen LogP contribution is 2.32. The Bertz CT molecular complexity index is 1040. The van der Waals surface area contributed by atoms with Crippen molar-refractivity contribution in [2.24, 2.45) is 0 Å². The summed E-state index contributed by atoms with van der Waals surface area (Å²) in [6.07, 6.45) is 1.52. The van der Waals surface area contributed by atoms with E-state index in [4.69, 9.17) is 0 Å². The van der Waals surface area contributed by atoms with E-state index < -0.39 is 31.8 Å². The minimum absolute atomic E-state index is 0.111. The van der Waals surface area contributed by atoms with E-state index in [9.17, 15) is 26.0 Å². The van der Waals surface area contributed by atoms with E-state index in [-0.39, 0.29) is 25.1 Å². The van der Waals surface area contributed by atoms with Gasteiger partial charge in [-0.1, -0.05) is 12.1 Å². The Morgan fingerprint density at radius 3 is 2.12 bits per heavy atom. The molecule has 0 aliphatic rings. The third-order valence-electron chi connectivity index (χ3n) is 3.12. The summed E-state index contributed by atoms with van der Waals surface area (Å²) in [5.74, 6) is -1.40. The van der Waals surface area contributed by atoms with E-state index in [2.05, 4.69) is 21.2 Å². The van der Waals surface area contributed by atoms with Crippen molar-refractivity contribution in [3.63, 3.8) is 0 Å². The highest BCUT2D eigenvalue weighted by molar-refractivity contribution is 9.10. The van der Waals surface area contributed by atoms with Crippen LogP contribution in [0, 0.1) is 5.82 Å². The van der Waals surface area contributed by atoms with E-state index >= 15 is 0 Å². The zero-order valence-corrected chi connectivity index (χ0v) is 16.8. The molecule has 1 N–H and O–H groups in total. The summed E-state index contributed by atoms with van der Waals surface area (Å²) in [4.78, 5) is 12.1. The van der Waals surface area contributed by atoms with Gasteiger partial charge in [0, 0.05) is 10.2 Å². The maximum Gasteiger partial charge on any atom is 0.258 e. The van der Waals surface area contributed by atoms with Gasteiger partial charge >= 0.3 is 0 Å². The molecule has 0 aliphatic carbocycles. The molecule has 0 atom stereocenters. The summed E-state index contributed by atoms with van der Waals surface area (Å²) in [5, 5.41) is 2.46. The molecule has 0 radical (unpaired) electrons. The van der Waals surface area contributed by atoms with Crippen molar-refractivity contribution in [1.29, 1.82) is 0 Å². The predicted octanol–water partition coefficient (Wildman–Crippen LogP) is 2.57. The number of nitrogens with one attached hydrogen (secondary N) is 1. The Balaban J connectivity index is 2.38. The number of hydrogen-bond acceptors (Lipinski definition) is 5. The molecule has 0 spiro atoms. The number of hydrogen-bond donors (Lipinski definition) is 1. The molecule has 140 valence electrons. The largest absolute Gasteiger partial charge is 0.322 e. The number of amides is 1. The molecule has 0 saturated carbocycles. The summed E-state index contributed by atoms with van der Waals surface area (Å²) in [7, 11) is -8.21. The average molecular weight is 465 g/mol. The molecule has 0 aromatic heterocycles. The molecule has 0 aliphatic heterocycles. The number of rotatable bonds is 5. The minimum Gasteiger partial charge on any atom is -0.322 e. The highest BCUT2D eigenvalue weighted by Gasteiger charge is 2.29. The van der Waals surface area contributed by atoms with E-state index in [1.54, 1.807) is 0 Å². The Morgan fingerprint density at radius 2 is 1.62 bits per heavy atom. The quantitative estimate of drug-likeness (QED) is 0.732. The molecule has 26 heavy (non-hydrogen) atoms. The lowest BCUT2D eigenvalue weighted by Gasteiger charge is -2.21. The van der Waals surface area contributed by atoms with Crippen molar-refractivity contribution >= 4 is 53.3 Å². The minimum atomic E-state index is -4.10. The Labute approximate surface area is 159 Å². The maximum atomic E-state index is 13.6. The molecule has 2 aromatic carbocycles. The van der Waals surface area contributed by atoms with E-state index in [0.717, 1.165) is 18.6 Å². The number of halogens is 2. The summed E-state index contributed by atoms with van der Waals surface area (Å²) in [6, 6.07) is 9.24. The first-order valence-electron chi connectivity index (χ1n) is 6.97. The van der Waals surface area contributed by atoms with Crippen LogP contribution in [0.25, 0.3) is 0 Å². The van der Waals surface area contributed by atoms with Gasteiger partial charge in [-0.2, -0.15) is 3.71 Å². The van der Waals surface area contributed by atoms with Crippen LogP contribution in [0.3, 0.4) is 0 Å². The topological polar surface area (TPSA) is 101 Å². The smallest absolute Gasteiger partial charge is 0.258 e. The van der Waals surface area contributed by atoms with Gasteiger partial charge in [-0.15, -0.1) is 0 Å². The summed E-state index contributed by atoms with van der Waals surface area (Å²) >= 11 is 3.10. The van der Waals surface area contributed by atoms with Gasteiger partial charge in [0.05, 0.1) is 23.8 Å². The highest BCUT2D eigenvalue weighted by atomic mass is 79.9. The summed E-state index contributed by atoms with van der Waals surface area (Å²) < 4.78 is 61.3. The first kappa shape index (κ1) is 20.3. The van der Waals surface area contributed by atoms with Crippen LogP contribution in [0.1, 0.15) is 10.4 Å². The van der Waals surface area contributed by atoms with Crippen LogP contribution in [0.5, 0.6) is 0 Å². The monoisotopic (exact) mass is 464 g/mol. The van der Waals surface area contributed by atoms with E-state index in [1.165, 1.54) is 36.4 Å². The SMILES string of the molecule is CS(=O)(=O)N(c1ccc(NC(=O)c2ccccc2F)cc1Br)S(C)(=O)=O. The third-order valence-corrected chi connectivity index (χ3v) is 6.98.